The van der Waals surface area contributed by atoms with E-state index in [1.807, 2.05) is 5.38 Å². The van der Waals surface area contributed by atoms with Gasteiger partial charge < -0.3 is 5.32 Å². The van der Waals surface area contributed by atoms with Crippen molar-refractivity contribution in [3.63, 3.8) is 0 Å². The molecule has 1 aromatic rings. The molecular weight excluding hydrogens is 268 g/mol. The molecule has 108 valence electrons. The normalized spacial score (nSPS) is 16.7. The lowest BCUT2D eigenvalue weighted by Crippen LogP contribution is -2.24. The first-order chi connectivity index (χ1) is 9.43. The highest BCUT2D eigenvalue weighted by Crippen LogP contribution is 2.36. The Morgan fingerprint density at radius 3 is 2.55 bits per heavy atom. The molecule has 1 aliphatic rings. The molecule has 20 heavy (non-hydrogen) atoms. The molecule has 0 bridgehead atoms. The van der Waals surface area contributed by atoms with E-state index in [0.717, 1.165) is 31.2 Å². The maximum atomic E-state index is 12.3. The summed E-state index contributed by atoms with van der Waals surface area (Å²) in [6, 6.07) is 2.25. The predicted molar refractivity (Wildman–Crippen MR) is 82.9 cm³/mol. The topological polar surface area (TPSA) is 52.9 Å². The van der Waals surface area contributed by atoms with Gasteiger partial charge in [0.05, 0.1) is 5.56 Å². The lowest BCUT2D eigenvalue weighted by Gasteiger charge is -2.21. The quantitative estimate of drug-likeness (QED) is 0.875. The number of hydrogen-bond donors (Lipinski definition) is 1. The van der Waals surface area contributed by atoms with E-state index >= 15 is 0 Å². The van der Waals surface area contributed by atoms with Crippen molar-refractivity contribution in [1.29, 1.82) is 5.26 Å². The summed E-state index contributed by atoms with van der Waals surface area (Å²) in [4.78, 5) is 12.3. The summed E-state index contributed by atoms with van der Waals surface area (Å²) in [5.74, 6) is 0.207. The van der Waals surface area contributed by atoms with Crippen molar-refractivity contribution in [2.75, 3.05) is 5.32 Å². The fraction of sp³-hybridized carbons (Fsp3) is 0.625. The van der Waals surface area contributed by atoms with Gasteiger partial charge in [-0.1, -0.05) is 40.0 Å². The smallest absolute Gasteiger partial charge is 0.228 e. The summed E-state index contributed by atoms with van der Waals surface area (Å²) < 4.78 is 0. The number of nitriles is 1. The Morgan fingerprint density at radius 2 is 2.00 bits per heavy atom. The Labute approximate surface area is 125 Å². The minimum Gasteiger partial charge on any atom is -0.316 e. The van der Waals surface area contributed by atoms with Crippen LogP contribution in [0.1, 0.15) is 64.0 Å². The molecule has 4 heteroatoms. The molecule has 0 atom stereocenters. The summed E-state index contributed by atoms with van der Waals surface area (Å²) in [7, 11) is 0. The van der Waals surface area contributed by atoms with Gasteiger partial charge in [0.2, 0.25) is 5.91 Å². The zero-order chi connectivity index (χ0) is 14.8. The lowest BCUT2D eigenvalue weighted by molar-refractivity contribution is -0.120. The third kappa shape index (κ3) is 3.21. The number of anilines is 1. The van der Waals surface area contributed by atoms with Gasteiger partial charge in [0, 0.05) is 5.92 Å². The Balaban J connectivity index is 2.16. The van der Waals surface area contributed by atoms with E-state index in [1.54, 1.807) is 0 Å². The second kappa shape index (κ2) is 5.97. The van der Waals surface area contributed by atoms with Gasteiger partial charge in [-0.15, -0.1) is 11.3 Å². The van der Waals surface area contributed by atoms with Crippen molar-refractivity contribution in [3.8, 4) is 6.07 Å². The monoisotopic (exact) mass is 290 g/mol. The van der Waals surface area contributed by atoms with E-state index < -0.39 is 0 Å². The molecule has 1 aromatic heterocycles. The summed E-state index contributed by atoms with van der Waals surface area (Å²) in [6.07, 6.45) is 5.47. The largest absolute Gasteiger partial charge is 0.316 e. The van der Waals surface area contributed by atoms with Gasteiger partial charge in [-0.2, -0.15) is 5.26 Å². The van der Waals surface area contributed by atoms with Gasteiger partial charge in [-0.3, -0.25) is 4.79 Å². The zero-order valence-electron chi connectivity index (χ0n) is 12.5. The summed E-state index contributed by atoms with van der Waals surface area (Å²) in [5, 5.41) is 15.1. The number of nitrogens with zero attached hydrogens (tertiary/aromatic N) is 1. The van der Waals surface area contributed by atoms with Crippen molar-refractivity contribution < 1.29 is 4.79 Å². The summed E-state index contributed by atoms with van der Waals surface area (Å²) in [5.41, 5.74) is 1.57. The number of carbonyl (C=O) groups is 1. The summed E-state index contributed by atoms with van der Waals surface area (Å²) in [6.45, 7) is 6.26. The van der Waals surface area contributed by atoms with Gasteiger partial charge >= 0.3 is 0 Å². The molecule has 1 amide bonds. The number of rotatable bonds is 2. The molecule has 0 spiro atoms. The molecule has 3 nitrogen and oxygen atoms in total. The van der Waals surface area contributed by atoms with Crippen LogP contribution in [-0.2, 0) is 10.2 Å². The third-order valence-corrected chi connectivity index (χ3v) is 4.82. The van der Waals surface area contributed by atoms with Gasteiger partial charge in [0.15, 0.2) is 0 Å². The van der Waals surface area contributed by atoms with Gasteiger partial charge in [-0.25, -0.2) is 0 Å². The molecule has 0 unspecified atom stereocenters. The average molecular weight is 290 g/mol. The van der Waals surface area contributed by atoms with Crippen molar-refractivity contribution in [2.45, 2.75) is 58.3 Å². The van der Waals surface area contributed by atoms with Crippen molar-refractivity contribution in [3.05, 3.63) is 16.5 Å². The molecule has 0 aromatic carbocycles. The molecule has 1 N–H and O–H groups in total. The first-order valence-electron chi connectivity index (χ1n) is 7.26. The Bertz CT molecular complexity index is 528. The average Bonchev–Trinajstić information content (AvgIpc) is 2.82. The van der Waals surface area contributed by atoms with Crippen LogP contribution in [0.5, 0.6) is 0 Å². The van der Waals surface area contributed by atoms with E-state index in [1.165, 1.54) is 17.8 Å². The molecule has 1 heterocycles. The number of carbonyl (C=O) groups excluding carboxylic acids is 1. The van der Waals surface area contributed by atoms with Gasteiger partial charge in [0.25, 0.3) is 0 Å². The van der Waals surface area contributed by atoms with Crippen LogP contribution in [0.15, 0.2) is 5.38 Å². The van der Waals surface area contributed by atoms with Crippen LogP contribution in [-0.4, -0.2) is 5.91 Å². The van der Waals surface area contributed by atoms with Crippen LogP contribution < -0.4 is 5.32 Å². The van der Waals surface area contributed by atoms with E-state index in [0.29, 0.717) is 10.6 Å². The minimum absolute atomic E-state index is 0.0740. The van der Waals surface area contributed by atoms with Crippen LogP contribution in [0.4, 0.5) is 5.00 Å². The van der Waals surface area contributed by atoms with E-state index in [-0.39, 0.29) is 17.2 Å². The molecule has 1 fully saturated rings. The Hall–Kier alpha value is -1.34. The highest BCUT2D eigenvalue weighted by molar-refractivity contribution is 7.14. The van der Waals surface area contributed by atoms with E-state index in [2.05, 4.69) is 32.2 Å². The first kappa shape index (κ1) is 15.1. The molecule has 2 rings (SSSR count). The molecule has 0 saturated heterocycles. The zero-order valence-corrected chi connectivity index (χ0v) is 13.3. The highest BCUT2D eigenvalue weighted by Gasteiger charge is 2.26. The van der Waals surface area contributed by atoms with E-state index in [4.69, 9.17) is 0 Å². The number of thiophene rings is 1. The standard InChI is InChI=1S/C16H22N2OS/c1-16(2,3)13-10-20-15(12(13)9-17)18-14(19)11-7-5-4-6-8-11/h10-11H,4-8H2,1-3H3,(H,18,19). The first-order valence-corrected chi connectivity index (χ1v) is 8.14. The summed E-state index contributed by atoms with van der Waals surface area (Å²) >= 11 is 1.47. The van der Waals surface area contributed by atoms with E-state index in [9.17, 15) is 10.1 Å². The predicted octanol–water partition coefficient (Wildman–Crippen LogP) is 4.44. The van der Waals surface area contributed by atoms with Crippen LogP contribution in [0.25, 0.3) is 0 Å². The third-order valence-electron chi connectivity index (χ3n) is 3.92. The molecule has 1 aliphatic carbocycles. The van der Waals surface area contributed by atoms with Crippen molar-refractivity contribution in [1.82, 2.24) is 0 Å². The molecule has 0 aliphatic heterocycles. The minimum atomic E-state index is -0.0740. The van der Waals surface area contributed by atoms with Crippen LogP contribution in [0.3, 0.4) is 0 Å². The second-order valence-electron chi connectivity index (χ2n) is 6.54. The number of nitrogens with one attached hydrogen (secondary N) is 1. The fourth-order valence-electron chi connectivity index (χ4n) is 2.69. The van der Waals surface area contributed by atoms with Crippen LogP contribution >= 0.6 is 11.3 Å². The SMILES string of the molecule is CC(C)(C)c1csc(NC(=O)C2CCCCC2)c1C#N. The van der Waals surface area contributed by atoms with Gasteiger partial charge in [0.1, 0.15) is 11.1 Å². The fourth-order valence-corrected chi connectivity index (χ4v) is 3.83. The van der Waals surface area contributed by atoms with Crippen LogP contribution in [0, 0.1) is 17.2 Å². The second-order valence-corrected chi connectivity index (χ2v) is 7.42. The maximum absolute atomic E-state index is 12.3. The van der Waals surface area contributed by atoms with Crippen LogP contribution in [0.2, 0.25) is 0 Å². The molecular formula is C16H22N2OS. The van der Waals surface area contributed by atoms with Crippen molar-refractivity contribution in [2.24, 2.45) is 5.92 Å². The maximum Gasteiger partial charge on any atom is 0.228 e. The highest BCUT2D eigenvalue weighted by atomic mass is 32.1. The molecule has 1 saturated carbocycles. The Morgan fingerprint density at radius 1 is 1.35 bits per heavy atom. The lowest BCUT2D eigenvalue weighted by atomic mass is 9.86. The Kier molecular flexibility index (Phi) is 4.49. The van der Waals surface area contributed by atoms with Gasteiger partial charge in [-0.05, 0) is 29.2 Å². The number of amides is 1. The molecule has 0 radical (unpaired) electrons. The number of hydrogen-bond acceptors (Lipinski definition) is 3. The van der Waals surface area contributed by atoms with Crippen molar-refractivity contribution >= 4 is 22.2 Å².